The zero-order chi connectivity index (χ0) is 41.0. The van der Waals surface area contributed by atoms with Gasteiger partial charge in [-0.05, 0) is 81.9 Å². The number of rotatable bonds is 7. The van der Waals surface area contributed by atoms with Gasteiger partial charge in [0, 0.05) is 47.6 Å². The molecule has 3 heterocycles. The molecule has 5 heteroatoms. The topological polar surface area (TPSA) is 43.6 Å². The van der Waals surface area contributed by atoms with E-state index in [2.05, 4.69) is 205 Å². The fourth-order valence-corrected chi connectivity index (χ4v) is 9.92. The van der Waals surface area contributed by atoms with E-state index in [1.165, 1.54) is 42.1 Å². The van der Waals surface area contributed by atoms with Crippen molar-refractivity contribution in [2.24, 2.45) is 0 Å². The van der Waals surface area contributed by atoms with Gasteiger partial charge in [-0.1, -0.05) is 170 Å². The minimum atomic E-state index is 0.605. The van der Waals surface area contributed by atoms with Gasteiger partial charge in [0.25, 0.3) is 0 Å². The number of benzene rings is 9. The standard InChI is InChI=1S/C57H36N4S/c1-3-14-37(15-4-1)38-26-28-39(29-27-38)43-30-32-48(52(36-43)61-50-23-10-7-20-45(50)46-21-8-11-24-51(46)61)57-59-55(40-16-5-2-6-17-40)58-56(60-57)44-19-13-18-41(34-44)42-31-33-54-49(35-42)47-22-9-12-25-53(47)62-54/h1-36H. The molecule has 12 aromatic rings. The van der Waals surface area contributed by atoms with Crippen molar-refractivity contribution < 1.29 is 0 Å². The second-order valence-electron chi connectivity index (χ2n) is 15.6. The van der Waals surface area contributed by atoms with Crippen molar-refractivity contribution in [3.05, 3.63) is 218 Å². The minimum Gasteiger partial charge on any atom is -0.308 e. The third-order valence-electron chi connectivity index (χ3n) is 11.9. The second kappa shape index (κ2) is 14.9. The van der Waals surface area contributed by atoms with Gasteiger partial charge in [-0.2, -0.15) is 0 Å². The van der Waals surface area contributed by atoms with Crippen LogP contribution < -0.4 is 0 Å². The van der Waals surface area contributed by atoms with Gasteiger partial charge >= 0.3 is 0 Å². The molecule has 4 nitrogen and oxygen atoms in total. The van der Waals surface area contributed by atoms with E-state index in [9.17, 15) is 0 Å². The van der Waals surface area contributed by atoms with Crippen LogP contribution in [0.3, 0.4) is 0 Å². The third kappa shape index (κ3) is 6.26. The Balaban J connectivity index is 1.05. The first-order valence-corrected chi connectivity index (χ1v) is 21.7. The van der Waals surface area contributed by atoms with Crippen LogP contribution in [0.2, 0.25) is 0 Å². The summed E-state index contributed by atoms with van der Waals surface area (Å²) in [5, 5.41) is 4.95. The number of aromatic nitrogens is 4. The first-order valence-electron chi connectivity index (χ1n) is 20.8. The highest BCUT2D eigenvalue weighted by Crippen LogP contribution is 2.40. The van der Waals surface area contributed by atoms with Crippen molar-refractivity contribution in [3.8, 4) is 73.2 Å². The fourth-order valence-electron chi connectivity index (χ4n) is 8.84. The van der Waals surface area contributed by atoms with Crippen LogP contribution in [-0.2, 0) is 0 Å². The Kier molecular flexibility index (Phi) is 8.65. The molecule has 0 saturated heterocycles. The average molecular weight is 809 g/mol. The maximum absolute atomic E-state index is 5.36. The van der Waals surface area contributed by atoms with Crippen LogP contribution in [0.25, 0.3) is 115 Å². The van der Waals surface area contributed by atoms with Gasteiger partial charge < -0.3 is 4.57 Å². The SMILES string of the molecule is c1ccc(-c2ccc(-c3ccc(-c4nc(-c5ccccc5)nc(-c5cccc(-c6ccc7sc8ccccc8c7c6)c5)n4)c(-n4c5ccccc5c5ccccc54)c3)cc2)cc1. The molecule has 0 unspecified atom stereocenters. The van der Waals surface area contributed by atoms with E-state index in [1.807, 2.05) is 29.5 Å². The molecule has 62 heavy (non-hydrogen) atoms. The molecule has 0 fully saturated rings. The lowest BCUT2D eigenvalue weighted by molar-refractivity contribution is 1.06. The number of fused-ring (bicyclic) bond motifs is 6. The molecular formula is C57H36N4S. The number of hydrogen-bond acceptors (Lipinski definition) is 4. The molecule has 0 atom stereocenters. The molecule has 0 amide bonds. The van der Waals surface area contributed by atoms with Gasteiger partial charge in [-0.3, -0.25) is 0 Å². The molecule has 290 valence electrons. The van der Waals surface area contributed by atoms with Crippen LogP contribution in [0.5, 0.6) is 0 Å². The highest BCUT2D eigenvalue weighted by molar-refractivity contribution is 7.25. The van der Waals surface area contributed by atoms with Gasteiger partial charge in [0.2, 0.25) is 0 Å². The Hall–Kier alpha value is -7.99. The largest absolute Gasteiger partial charge is 0.308 e. The lowest BCUT2D eigenvalue weighted by Crippen LogP contribution is -2.04. The van der Waals surface area contributed by atoms with E-state index >= 15 is 0 Å². The molecule has 9 aromatic carbocycles. The molecule has 0 radical (unpaired) electrons. The summed E-state index contributed by atoms with van der Waals surface area (Å²) >= 11 is 1.84. The average Bonchev–Trinajstić information content (AvgIpc) is 3.90. The summed E-state index contributed by atoms with van der Waals surface area (Å²) in [4.78, 5) is 15.8. The molecule has 0 spiro atoms. The zero-order valence-electron chi connectivity index (χ0n) is 33.5. The first kappa shape index (κ1) is 35.9. The third-order valence-corrected chi connectivity index (χ3v) is 13.0. The summed E-state index contributed by atoms with van der Waals surface area (Å²) in [5.74, 6) is 1.84. The summed E-state index contributed by atoms with van der Waals surface area (Å²) < 4.78 is 4.96. The summed E-state index contributed by atoms with van der Waals surface area (Å²) in [7, 11) is 0. The molecule has 0 saturated carbocycles. The molecular weight excluding hydrogens is 773 g/mol. The number of para-hydroxylation sites is 2. The normalized spacial score (nSPS) is 11.5. The minimum absolute atomic E-state index is 0.605. The maximum atomic E-state index is 5.36. The Morgan fingerprint density at radius 1 is 0.290 bits per heavy atom. The van der Waals surface area contributed by atoms with E-state index in [-0.39, 0.29) is 0 Å². The maximum Gasteiger partial charge on any atom is 0.166 e. The van der Waals surface area contributed by atoms with Crippen molar-refractivity contribution in [2.45, 2.75) is 0 Å². The van der Waals surface area contributed by atoms with Crippen LogP contribution in [0.1, 0.15) is 0 Å². The predicted octanol–water partition coefficient (Wildman–Crippen LogP) is 15.3. The Bertz CT molecular complexity index is 3570. The van der Waals surface area contributed by atoms with Crippen LogP contribution in [0.15, 0.2) is 218 Å². The Morgan fingerprint density at radius 2 is 0.758 bits per heavy atom. The highest BCUT2D eigenvalue weighted by Gasteiger charge is 2.21. The monoisotopic (exact) mass is 808 g/mol. The van der Waals surface area contributed by atoms with E-state index in [4.69, 9.17) is 15.0 Å². The summed E-state index contributed by atoms with van der Waals surface area (Å²) in [5.41, 5.74) is 12.9. The fraction of sp³-hybridized carbons (Fsp3) is 0. The molecule has 0 aliphatic carbocycles. The van der Waals surface area contributed by atoms with Crippen molar-refractivity contribution >= 4 is 53.3 Å². The van der Waals surface area contributed by atoms with E-state index in [0.717, 1.165) is 55.7 Å². The Labute approximate surface area is 362 Å². The molecule has 12 rings (SSSR count). The van der Waals surface area contributed by atoms with Gasteiger partial charge in [0.05, 0.1) is 16.7 Å². The van der Waals surface area contributed by atoms with Gasteiger partial charge in [-0.25, -0.2) is 15.0 Å². The Morgan fingerprint density at radius 3 is 1.48 bits per heavy atom. The predicted molar refractivity (Wildman–Crippen MR) is 260 cm³/mol. The molecule has 0 N–H and O–H groups in total. The van der Waals surface area contributed by atoms with Gasteiger partial charge in [-0.15, -0.1) is 11.3 Å². The quantitative estimate of drug-likeness (QED) is 0.161. The van der Waals surface area contributed by atoms with Crippen LogP contribution in [0.4, 0.5) is 0 Å². The van der Waals surface area contributed by atoms with Crippen molar-refractivity contribution in [2.75, 3.05) is 0 Å². The highest BCUT2D eigenvalue weighted by atomic mass is 32.1. The lowest BCUT2D eigenvalue weighted by Gasteiger charge is -2.17. The summed E-state index contributed by atoms with van der Waals surface area (Å²) in [6, 6.07) is 77.6. The van der Waals surface area contributed by atoms with Crippen LogP contribution in [0, 0.1) is 0 Å². The van der Waals surface area contributed by atoms with Crippen LogP contribution in [-0.4, -0.2) is 19.5 Å². The number of thiophene rings is 1. The number of hydrogen-bond donors (Lipinski definition) is 0. The van der Waals surface area contributed by atoms with Gasteiger partial charge in [0.1, 0.15) is 0 Å². The molecule has 3 aromatic heterocycles. The van der Waals surface area contributed by atoms with Crippen LogP contribution >= 0.6 is 11.3 Å². The summed E-state index contributed by atoms with van der Waals surface area (Å²) in [6.45, 7) is 0. The number of nitrogens with zero attached hydrogens (tertiary/aromatic N) is 4. The summed E-state index contributed by atoms with van der Waals surface area (Å²) in [6.07, 6.45) is 0. The molecule has 0 aliphatic rings. The van der Waals surface area contributed by atoms with Crippen molar-refractivity contribution in [1.82, 2.24) is 19.5 Å². The molecule has 0 aliphatic heterocycles. The van der Waals surface area contributed by atoms with E-state index in [1.54, 1.807) is 0 Å². The lowest BCUT2D eigenvalue weighted by atomic mass is 9.98. The zero-order valence-corrected chi connectivity index (χ0v) is 34.3. The van der Waals surface area contributed by atoms with E-state index < -0.39 is 0 Å². The second-order valence-corrected chi connectivity index (χ2v) is 16.7. The smallest absolute Gasteiger partial charge is 0.166 e. The van der Waals surface area contributed by atoms with E-state index in [0.29, 0.717) is 17.5 Å². The first-order chi connectivity index (χ1) is 30.7. The molecule has 0 bridgehead atoms. The van der Waals surface area contributed by atoms with Crippen molar-refractivity contribution in [3.63, 3.8) is 0 Å². The van der Waals surface area contributed by atoms with Gasteiger partial charge in [0.15, 0.2) is 17.5 Å². The van der Waals surface area contributed by atoms with Crippen molar-refractivity contribution in [1.29, 1.82) is 0 Å².